The predicted molar refractivity (Wildman–Crippen MR) is 63.2 cm³/mol. The van der Waals surface area contributed by atoms with Gasteiger partial charge in [-0.05, 0) is 12.8 Å². The van der Waals surface area contributed by atoms with Gasteiger partial charge in [0.1, 0.15) is 10.1 Å². The van der Waals surface area contributed by atoms with E-state index in [1.165, 1.54) is 0 Å². The summed E-state index contributed by atoms with van der Waals surface area (Å²) < 4.78 is 32.5. The van der Waals surface area contributed by atoms with Gasteiger partial charge in [0.25, 0.3) is 0 Å². The second-order valence-electron chi connectivity index (χ2n) is 4.21. The van der Waals surface area contributed by atoms with Gasteiger partial charge >= 0.3 is 29.6 Å². The summed E-state index contributed by atoms with van der Waals surface area (Å²) in [4.78, 5) is 0. The Kier molecular flexibility index (Phi) is 12.8. The molecule has 0 aromatic carbocycles. The van der Waals surface area contributed by atoms with Crippen molar-refractivity contribution in [3.63, 3.8) is 0 Å². The monoisotopic (exact) mass is 274 g/mol. The fourth-order valence-corrected chi connectivity index (χ4v) is 2.74. The van der Waals surface area contributed by atoms with E-state index in [1.54, 1.807) is 6.92 Å². The topological polar surface area (TPSA) is 77.4 Å². The van der Waals surface area contributed by atoms with Gasteiger partial charge in [0.15, 0.2) is 0 Å². The van der Waals surface area contributed by atoms with Gasteiger partial charge in [-0.1, -0.05) is 46.0 Å². The van der Waals surface area contributed by atoms with Crippen LogP contribution in [-0.4, -0.2) is 29.4 Å². The summed E-state index contributed by atoms with van der Waals surface area (Å²) in [6.07, 6.45) is 4.76. The maximum atomic E-state index is 10.8. The molecule has 0 fully saturated rings. The van der Waals surface area contributed by atoms with Crippen molar-refractivity contribution in [3.05, 3.63) is 0 Å². The van der Waals surface area contributed by atoms with Crippen molar-refractivity contribution in [2.45, 2.75) is 70.1 Å². The molecule has 0 aromatic rings. The van der Waals surface area contributed by atoms with Crippen LogP contribution in [-0.2, 0) is 10.1 Å². The Morgan fingerprint density at radius 3 is 2.06 bits per heavy atom. The zero-order valence-electron chi connectivity index (χ0n) is 11.2. The average molecular weight is 274 g/mol. The molecule has 0 saturated carbocycles. The summed E-state index contributed by atoms with van der Waals surface area (Å²) in [7, 11) is -4.36. The summed E-state index contributed by atoms with van der Waals surface area (Å²) in [5, 5.41) is 8.48. The maximum Gasteiger partial charge on any atom is 1.00 e. The van der Waals surface area contributed by atoms with Crippen LogP contribution in [0.5, 0.6) is 0 Å². The van der Waals surface area contributed by atoms with Crippen molar-refractivity contribution in [3.8, 4) is 0 Å². The molecular formula is C11H23NaO4S. The van der Waals surface area contributed by atoms with Crippen molar-refractivity contribution >= 4 is 10.1 Å². The molecule has 0 spiro atoms. The Hall–Kier alpha value is 0.870. The fraction of sp³-hybridized carbons (Fsp3) is 1.00. The number of aliphatic hydroxyl groups excluding tert-OH is 1. The van der Waals surface area contributed by atoms with Crippen LogP contribution in [0.25, 0.3) is 0 Å². The van der Waals surface area contributed by atoms with E-state index >= 15 is 0 Å². The van der Waals surface area contributed by atoms with Crippen LogP contribution in [0.3, 0.4) is 0 Å². The Morgan fingerprint density at radius 2 is 1.65 bits per heavy atom. The van der Waals surface area contributed by atoms with E-state index in [0.717, 1.165) is 32.1 Å². The third-order valence-electron chi connectivity index (χ3n) is 2.81. The van der Waals surface area contributed by atoms with Crippen LogP contribution >= 0.6 is 0 Å². The van der Waals surface area contributed by atoms with Gasteiger partial charge in [-0.15, -0.1) is 0 Å². The van der Waals surface area contributed by atoms with Crippen LogP contribution in [0.4, 0.5) is 0 Å². The molecule has 0 saturated heterocycles. The van der Waals surface area contributed by atoms with Gasteiger partial charge in [-0.3, -0.25) is 0 Å². The Balaban J connectivity index is 0. The van der Waals surface area contributed by atoms with Crippen LogP contribution in [0.1, 0.15) is 58.8 Å². The van der Waals surface area contributed by atoms with E-state index in [1.807, 2.05) is 0 Å². The molecule has 2 unspecified atom stereocenters. The fourth-order valence-electron chi connectivity index (χ4n) is 1.81. The Morgan fingerprint density at radius 1 is 1.12 bits per heavy atom. The van der Waals surface area contributed by atoms with Gasteiger partial charge in [0, 0.05) is 0 Å². The van der Waals surface area contributed by atoms with E-state index in [0.29, 0.717) is 6.42 Å². The molecule has 17 heavy (non-hydrogen) atoms. The zero-order chi connectivity index (χ0) is 12.6. The first-order valence-corrected chi connectivity index (χ1v) is 7.53. The summed E-state index contributed by atoms with van der Waals surface area (Å²) in [6, 6.07) is 0. The molecule has 98 valence electrons. The van der Waals surface area contributed by atoms with Gasteiger partial charge in [0.05, 0.1) is 11.4 Å². The van der Waals surface area contributed by atoms with Crippen molar-refractivity contribution in [1.29, 1.82) is 0 Å². The molecule has 0 rings (SSSR count). The van der Waals surface area contributed by atoms with E-state index in [-0.39, 0.29) is 36.0 Å². The first-order chi connectivity index (χ1) is 7.43. The molecule has 0 amide bonds. The largest absolute Gasteiger partial charge is 1.00 e. The van der Waals surface area contributed by atoms with Crippen molar-refractivity contribution in [2.24, 2.45) is 0 Å². The molecule has 0 aliphatic carbocycles. The Bertz CT molecular complexity index is 267. The summed E-state index contributed by atoms with van der Waals surface area (Å²) in [5.41, 5.74) is 0. The van der Waals surface area contributed by atoms with E-state index in [4.69, 9.17) is 0 Å². The zero-order valence-corrected chi connectivity index (χ0v) is 14.0. The van der Waals surface area contributed by atoms with E-state index in [2.05, 4.69) is 6.92 Å². The van der Waals surface area contributed by atoms with Crippen molar-refractivity contribution in [1.82, 2.24) is 0 Å². The number of aliphatic hydroxyl groups is 1. The normalized spacial score (nSPS) is 15.1. The predicted octanol–water partition coefficient (Wildman–Crippen LogP) is -0.964. The molecule has 0 aliphatic heterocycles. The molecule has 2 atom stereocenters. The molecule has 0 heterocycles. The molecule has 0 radical (unpaired) electrons. The molecule has 0 aromatic heterocycles. The number of unbranched alkanes of at least 4 members (excludes halogenated alkanes) is 4. The average Bonchev–Trinajstić information content (AvgIpc) is 2.16. The first-order valence-electron chi connectivity index (χ1n) is 6.06. The Labute approximate surface area is 127 Å². The van der Waals surface area contributed by atoms with Gasteiger partial charge in [0.2, 0.25) is 0 Å². The van der Waals surface area contributed by atoms with Gasteiger partial charge in [-0.2, -0.15) is 0 Å². The maximum absolute atomic E-state index is 10.8. The molecule has 0 bridgehead atoms. The second kappa shape index (κ2) is 10.8. The summed E-state index contributed by atoms with van der Waals surface area (Å²) in [5.74, 6) is 0. The molecule has 1 N–H and O–H groups in total. The first kappa shape index (κ1) is 20.2. The third kappa shape index (κ3) is 9.45. The molecule has 6 heteroatoms. The van der Waals surface area contributed by atoms with Crippen molar-refractivity contribution < 1.29 is 47.6 Å². The van der Waals surface area contributed by atoms with Crippen LogP contribution in [0.15, 0.2) is 0 Å². The number of rotatable bonds is 9. The molecular weight excluding hydrogens is 251 g/mol. The molecule has 0 aliphatic rings. The van der Waals surface area contributed by atoms with Crippen LogP contribution in [0.2, 0.25) is 0 Å². The minimum absolute atomic E-state index is 0. The van der Waals surface area contributed by atoms with Crippen molar-refractivity contribution in [2.75, 3.05) is 0 Å². The summed E-state index contributed by atoms with van der Waals surface area (Å²) in [6.45, 7) is 3.73. The van der Waals surface area contributed by atoms with Crippen LogP contribution in [0, 0.1) is 0 Å². The minimum Gasteiger partial charge on any atom is -0.748 e. The quantitative estimate of drug-likeness (QED) is 0.333. The van der Waals surface area contributed by atoms with Crippen LogP contribution < -0.4 is 29.6 Å². The second-order valence-corrected chi connectivity index (χ2v) is 5.80. The molecule has 4 nitrogen and oxygen atoms in total. The third-order valence-corrected chi connectivity index (χ3v) is 4.19. The standard InChI is InChI=1S/C11H24O4S.Na/c1-3-5-6-7-8-9-10(12)11(4-2)16(13,14)15;/h10-12H,3-9H2,1-2H3,(H,13,14,15);/q;+1/p-1. The van der Waals surface area contributed by atoms with E-state index in [9.17, 15) is 18.1 Å². The number of hydrogen-bond acceptors (Lipinski definition) is 4. The van der Waals surface area contributed by atoms with Gasteiger partial charge in [-0.25, -0.2) is 8.42 Å². The summed E-state index contributed by atoms with van der Waals surface area (Å²) >= 11 is 0. The number of hydrogen-bond donors (Lipinski definition) is 1. The van der Waals surface area contributed by atoms with E-state index < -0.39 is 21.5 Å². The van der Waals surface area contributed by atoms with Gasteiger partial charge < -0.3 is 9.66 Å². The smallest absolute Gasteiger partial charge is 0.748 e. The SMILES string of the molecule is CCCCCCCC(O)C(CC)S(=O)(=O)[O-].[Na+]. The minimum atomic E-state index is -4.36.